The van der Waals surface area contributed by atoms with Crippen molar-refractivity contribution in [3.63, 3.8) is 0 Å². The molecule has 0 radical (unpaired) electrons. The van der Waals surface area contributed by atoms with Crippen LogP contribution in [0.15, 0.2) is 47.9 Å². The van der Waals surface area contributed by atoms with E-state index in [0.29, 0.717) is 0 Å². The van der Waals surface area contributed by atoms with Gasteiger partial charge < -0.3 is 0 Å². The number of aromatic nitrogens is 2. The highest BCUT2D eigenvalue weighted by atomic mass is 32.2. The fourth-order valence-corrected chi connectivity index (χ4v) is 2.74. The average Bonchev–Trinajstić information content (AvgIpc) is 2.46. The molecule has 1 N–H and O–H groups in total. The molecule has 0 aliphatic heterocycles. The second-order valence-electron chi connectivity index (χ2n) is 4.22. The lowest BCUT2D eigenvalue weighted by Gasteiger charge is -2.21. The number of halogens is 4. The lowest BCUT2D eigenvalue weighted by Crippen LogP contribution is -2.38. The molecule has 5 nitrogen and oxygen atoms in total. The van der Waals surface area contributed by atoms with Gasteiger partial charge in [-0.3, -0.25) is 0 Å². The van der Waals surface area contributed by atoms with Crippen molar-refractivity contribution in [2.24, 2.45) is 0 Å². The topological polar surface area (TPSA) is 72.0 Å². The van der Waals surface area contributed by atoms with E-state index in [0.717, 1.165) is 43.0 Å². The molecule has 1 unspecified atom stereocenters. The van der Waals surface area contributed by atoms with Crippen molar-refractivity contribution in [3.05, 3.63) is 54.4 Å². The third kappa shape index (κ3) is 3.77. The third-order valence-electron chi connectivity index (χ3n) is 2.65. The second-order valence-corrected chi connectivity index (χ2v) is 5.94. The molecule has 1 aromatic heterocycles. The SMILES string of the molecule is O=S(=O)(NC(c1ccc(F)cc1)C(F)(F)F)c1cncnc1. The number of rotatable bonds is 4. The molecule has 118 valence electrons. The quantitative estimate of drug-likeness (QED) is 0.870. The van der Waals surface area contributed by atoms with Gasteiger partial charge in [-0.2, -0.15) is 17.9 Å². The van der Waals surface area contributed by atoms with Gasteiger partial charge in [0.1, 0.15) is 23.1 Å². The maximum Gasteiger partial charge on any atom is 0.408 e. The number of nitrogens with zero attached hydrogens (tertiary/aromatic N) is 2. The maximum absolute atomic E-state index is 13.1. The van der Waals surface area contributed by atoms with E-state index in [-0.39, 0.29) is 0 Å². The molecular weight excluding hydrogens is 326 g/mol. The zero-order valence-corrected chi connectivity index (χ0v) is 11.6. The van der Waals surface area contributed by atoms with Crippen LogP contribution >= 0.6 is 0 Å². The van der Waals surface area contributed by atoms with Gasteiger partial charge in [-0.1, -0.05) is 12.1 Å². The van der Waals surface area contributed by atoms with E-state index in [2.05, 4.69) is 9.97 Å². The van der Waals surface area contributed by atoms with Gasteiger partial charge >= 0.3 is 6.18 Å². The molecule has 0 saturated carbocycles. The molecule has 22 heavy (non-hydrogen) atoms. The van der Waals surface area contributed by atoms with Crippen LogP contribution in [0.5, 0.6) is 0 Å². The zero-order chi connectivity index (χ0) is 16.4. The summed E-state index contributed by atoms with van der Waals surface area (Å²) in [5, 5.41) is 0. The van der Waals surface area contributed by atoms with Crippen LogP contribution in [0.2, 0.25) is 0 Å². The first-order valence-corrected chi connectivity index (χ1v) is 7.28. The fourth-order valence-electron chi connectivity index (χ4n) is 1.63. The van der Waals surface area contributed by atoms with Crippen LogP contribution in [-0.2, 0) is 10.0 Å². The summed E-state index contributed by atoms with van der Waals surface area (Å²) in [4.78, 5) is 6.38. The van der Waals surface area contributed by atoms with Crippen LogP contribution in [-0.4, -0.2) is 24.6 Å². The summed E-state index contributed by atoms with van der Waals surface area (Å²) in [7, 11) is -4.49. The summed E-state index contributed by atoms with van der Waals surface area (Å²) in [6, 6.07) is 0.829. The van der Waals surface area contributed by atoms with Crippen molar-refractivity contribution in [2.45, 2.75) is 17.1 Å². The largest absolute Gasteiger partial charge is 0.408 e. The monoisotopic (exact) mass is 335 g/mol. The number of benzene rings is 1. The van der Waals surface area contributed by atoms with Gasteiger partial charge in [0.05, 0.1) is 12.4 Å². The summed E-state index contributed by atoms with van der Waals surface area (Å²) in [6.45, 7) is 0. The molecule has 1 heterocycles. The summed E-state index contributed by atoms with van der Waals surface area (Å²) in [6.07, 6.45) is -2.12. The number of hydrogen-bond donors (Lipinski definition) is 1. The Kier molecular flexibility index (Phi) is 4.42. The van der Waals surface area contributed by atoms with Crippen LogP contribution in [0.25, 0.3) is 0 Å². The molecule has 1 atom stereocenters. The molecule has 1 aromatic carbocycles. The predicted octanol–water partition coefficient (Wildman–Crippen LogP) is 2.20. The molecule has 0 aliphatic rings. The lowest BCUT2D eigenvalue weighted by molar-refractivity contribution is -0.153. The highest BCUT2D eigenvalue weighted by Crippen LogP contribution is 2.33. The van der Waals surface area contributed by atoms with Gasteiger partial charge in [0.15, 0.2) is 0 Å². The fraction of sp³-hybridized carbons (Fsp3) is 0.167. The standard InChI is InChI=1S/C12H9F4N3O2S/c13-9-3-1-8(2-4-9)11(12(14,15)16)19-22(20,21)10-5-17-7-18-6-10/h1-7,11,19H. The lowest BCUT2D eigenvalue weighted by atomic mass is 10.1. The van der Waals surface area contributed by atoms with Crippen molar-refractivity contribution in [1.29, 1.82) is 0 Å². The van der Waals surface area contributed by atoms with Crippen LogP contribution in [0.1, 0.15) is 11.6 Å². The zero-order valence-electron chi connectivity index (χ0n) is 10.7. The first-order chi connectivity index (χ1) is 10.2. The Morgan fingerprint density at radius 1 is 1.05 bits per heavy atom. The Bertz CT molecular complexity index is 733. The predicted molar refractivity (Wildman–Crippen MR) is 67.5 cm³/mol. The minimum absolute atomic E-state index is 0.436. The second kappa shape index (κ2) is 5.97. The summed E-state index contributed by atoms with van der Waals surface area (Å²) >= 11 is 0. The van der Waals surface area contributed by atoms with E-state index in [4.69, 9.17) is 0 Å². The summed E-state index contributed by atoms with van der Waals surface area (Å²) in [5.74, 6) is -0.732. The van der Waals surface area contributed by atoms with E-state index in [1.807, 2.05) is 0 Å². The first kappa shape index (κ1) is 16.3. The van der Waals surface area contributed by atoms with E-state index >= 15 is 0 Å². The third-order valence-corrected chi connectivity index (χ3v) is 4.03. The molecule has 0 saturated heterocycles. The molecule has 2 rings (SSSR count). The summed E-state index contributed by atoms with van der Waals surface area (Å²) in [5.41, 5.74) is -0.436. The van der Waals surface area contributed by atoms with E-state index in [1.54, 1.807) is 0 Å². The molecule has 0 spiro atoms. The van der Waals surface area contributed by atoms with E-state index in [1.165, 1.54) is 4.72 Å². The van der Waals surface area contributed by atoms with Gasteiger partial charge in [-0.25, -0.2) is 22.8 Å². The van der Waals surface area contributed by atoms with Gasteiger partial charge in [-0.05, 0) is 17.7 Å². The highest BCUT2D eigenvalue weighted by Gasteiger charge is 2.43. The average molecular weight is 335 g/mol. The van der Waals surface area contributed by atoms with Crippen molar-refractivity contribution >= 4 is 10.0 Å². The van der Waals surface area contributed by atoms with Crippen molar-refractivity contribution in [3.8, 4) is 0 Å². The minimum atomic E-state index is -4.90. The van der Waals surface area contributed by atoms with Crippen molar-refractivity contribution < 1.29 is 26.0 Å². The smallest absolute Gasteiger partial charge is 0.243 e. The van der Waals surface area contributed by atoms with Crippen LogP contribution in [0, 0.1) is 5.82 Å². The van der Waals surface area contributed by atoms with Gasteiger partial charge in [0.2, 0.25) is 10.0 Å². The van der Waals surface area contributed by atoms with Crippen molar-refractivity contribution in [2.75, 3.05) is 0 Å². The minimum Gasteiger partial charge on any atom is -0.243 e. The van der Waals surface area contributed by atoms with Gasteiger partial charge in [0, 0.05) is 0 Å². The molecule has 10 heteroatoms. The van der Waals surface area contributed by atoms with Gasteiger partial charge in [0.25, 0.3) is 0 Å². The molecular formula is C12H9F4N3O2S. The summed E-state index contributed by atoms with van der Waals surface area (Å²) < 4.78 is 77.6. The maximum atomic E-state index is 13.1. The molecule has 2 aromatic rings. The van der Waals surface area contributed by atoms with Crippen LogP contribution in [0.4, 0.5) is 17.6 Å². The Hall–Kier alpha value is -2.07. The Balaban J connectivity index is 2.38. The molecule has 0 bridgehead atoms. The number of nitrogens with one attached hydrogen (secondary N) is 1. The Labute approximate surface area is 123 Å². The van der Waals surface area contributed by atoms with Crippen LogP contribution < -0.4 is 4.72 Å². The number of sulfonamides is 1. The normalized spacial score (nSPS) is 13.8. The Morgan fingerprint density at radius 3 is 2.09 bits per heavy atom. The van der Waals surface area contributed by atoms with Gasteiger partial charge in [-0.15, -0.1) is 0 Å². The highest BCUT2D eigenvalue weighted by molar-refractivity contribution is 7.89. The molecule has 0 amide bonds. The van der Waals surface area contributed by atoms with Crippen molar-refractivity contribution in [1.82, 2.24) is 14.7 Å². The number of hydrogen-bond acceptors (Lipinski definition) is 4. The van der Waals surface area contributed by atoms with Crippen LogP contribution in [0.3, 0.4) is 0 Å². The van der Waals surface area contributed by atoms with E-state index < -0.39 is 38.5 Å². The molecule has 0 fully saturated rings. The van der Waals surface area contributed by atoms with E-state index in [9.17, 15) is 26.0 Å². The number of alkyl halides is 3. The first-order valence-electron chi connectivity index (χ1n) is 5.80. The Morgan fingerprint density at radius 2 is 1.59 bits per heavy atom. The molecule has 0 aliphatic carbocycles.